The summed E-state index contributed by atoms with van der Waals surface area (Å²) in [5, 5.41) is 25.2. The first-order valence-corrected chi connectivity index (χ1v) is 21.5. The van der Waals surface area contributed by atoms with Gasteiger partial charge in [0.15, 0.2) is 0 Å². The number of β-amino-alcohol motifs (C(OH)–C–C–N with tert-alkyl or cyclic N) is 1. The molecule has 0 aliphatic heterocycles. The van der Waals surface area contributed by atoms with E-state index in [0.29, 0.717) is 62.0 Å². The Hall–Kier alpha value is -3.01. The second-order valence-electron chi connectivity index (χ2n) is 20.4. The molecule has 7 rings (SSSR count). The molecule has 1 amide bonds. The Morgan fingerprint density at radius 2 is 1.77 bits per heavy atom. The zero-order valence-electron chi connectivity index (χ0n) is 35.2. The van der Waals surface area contributed by atoms with Gasteiger partial charge in [0.25, 0.3) is 5.91 Å². The molecule has 56 heavy (non-hydrogen) atoms. The SMILES string of the molecule is C=C(C)[C@@H]1CC[C@]2(NC[C@H](O)COC)CC[C@]3(C)[C@H](CC[C@@H]4C5(C)CC=C(C6=CC[C@](COc7ncccc7C(N)=O)(C(=O)O)CC6)C(C)(C)[C@@H]5CC[C@]43C)[C@@H]12. The number of nitrogens with one attached hydrogen (secondary N) is 1. The number of aliphatic hydroxyl groups is 1. The summed E-state index contributed by atoms with van der Waals surface area (Å²) in [5.41, 5.74) is 9.20. The quantitative estimate of drug-likeness (QED) is 0.156. The van der Waals surface area contributed by atoms with Gasteiger partial charge in [-0.05, 0) is 159 Å². The number of nitrogens with two attached hydrogens (primary N) is 1. The lowest BCUT2D eigenvalue weighted by Gasteiger charge is -2.72. The van der Waals surface area contributed by atoms with Gasteiger partial charge >= 0.3 is 5.97 Å². The van der Waals surface area contributed by atoms with Crippen molar-refractivity contribution in [2.45, 2.75) is 130 Å². The van der Waals surface area contributed by atoms with Gasteiger partial charge in [0.1, 0.15) is 17.6 Å². The summed E-state index contributed by atoms with van der Waals surface area (Å²) in [5.74, 6) is 1.34. The lowest BCUT2D eigenvalue weighted by molar-refractivity contribution is -0.221. The van der Waals surface area contributed by atoms with Gasteiger partial charge in [-0.1, -0.05) is 58.9 Å². The average molecular weight is 772 g/mol. The number of hydrogen-bond acceptors (Lipinski definition) is 7. The number of methoxy groups -OCH3 is 1. The largest absolute Gasteiger partial charge is 0.481 e. The molecule has 1 aromatic rings. The monoisotopic (exact) mass is 772 g/mol. The molecule has 0 bridgehead atoms. The van der Waals surface area contributed by atoms with Crippen LogP contribution in [0.15, 0.2) is 53.8 Å². The number of ether oxygens (including phenoxy) is 2. The van der Waals surface area contributed by atoms with E-state index in [0.717, 1.165) is 19.3 Å². The van der Waals surface area contributed by atoms with E-state index < -0.39 is 23.4 Å². The Morgan fingerprint density at radius 1 is 1.00 bits per heavy atom. The van der Waals surface area contributed by atoms with Crippen LogP contribution < -0.4 is 15.8 Å². The number of carboxylic acids is 1. The molecule has 6 aliphatic carbocycles. The van der Waals surface area contributed by atoms with Crippen molar-refractivity contribution < 1.29 is 29.3 Å². The maximum Gasteiger partial charge on any atom is 0.313 e. The van der Waals surface area contributed by atoms with Gasteiger partial charge in [-0.2, -0.15) is 0 Å². The molecular weight excluding hydrogens is 703 g/mol. The van der Waals surface area contributed by atoms with E-state index in [2.05, 4.69) is 70.6 Å². The molecule has 4 fully saturated rings. The van der Waals surface area contributed by atoms with Gasteiger partial charge in [0.2, 0.25) is 5.88 Å². The number of rotatable bonds is 12. The van der Waals surface area contributed by atoms with Gasteiger partial charge in [-0.15, -0.1) is 0 Å². The van der Waals surface area contributed by atoms with Gasteiger partial charge in [-0.3, -0.25) is 9.59 Å². The van der Waals surface area contributed by atoms with Crippen molar-refractivity contribution in [3.05, 3.63) is 59.3 Å². The van der Waals surface area contributed by atoms with Crippen molar-refractivity contribution >= 4 is 11.9 Å². The molecule has 9 nitrogen and oxygen atoms in total. The molecule has 4 saturated carbocycles. The zero-order chi connectivity index (χ0) is 40.5. The standard InChI is InChI=1S/C47H69N3O6/c1-29(2)32-15-22-47(50-26-31(51)27-55-8)24-23-44(6)35(38(32)47)11-12-37-43(5)18-16-34(42(3,4)36(43)17-19-45(37,44)7)30-13-20-46(21-14-30,41(53)54)28-56-40-33(39(48)52)10-9-25-49-40/h9-10,13,16,25,31-32,35-38,50-51H,1,11-12,14-15,17-24,26-28H2,2-8H3,(H2,48,52)(H,53,54)/t31-,32-,35+,36-,37+,38+,43?,44+,45+,46-,47-/m0/s1. The number of primary amides is 1. The minimum atomic E-state index is -1.11. The smallest absolute Gasteiger partial charge is 0.313 e. The summed E-state index contributed by atoms with van der Waals surface area (Å²) in [4.78, 5) is 28.9. The van der Waals surface area contributed by atoms with E-state index in [1.807, 2.05) is 0 Å². The van der Waals surface area contributed by atoms with Gasteiger partial charge in [0, 0.05) is 25.4 Å². The Kier molecular flexibility index (Phi) is 10.8. The van der Waals surface area contributed by atoms with Crippen LogP contribution in [0.25, 0.3) is 0 Å². The minimum absolute atomic E-state index is 0.0419. The third kappa shape index (κ3) is 6.32. The fraction of sp³-hybridized carbons (Fsp3) is 0.723. The summed E-state index contributed by atoms with van der Waals surface area (Å²) >= 11 is 0. The topological polar surface area (TPSA) is 144 Å². The summed E-state index contributed by atoms with van der Waals surface area (Å²) < 4.78 is 11.2. The number of aliphatic carboxylic acids is 1. The predicted molar refractivity (Wildman–Crippen MR) is 219 cm³/mol. The number of amides is 1. The fourth-order valence-corrected chi connectivity index (χ4v) is 14.6. The van der Waals surface area contributed by atoms with Crippen LogP contribution in [-0.2, 0) is 9.53 Å². The van der Waals surface area contributed by atoms with Crippen molar-refractivity contribution in [1.29, 1.82) is 0 Å². The second-order valence-corrected chi connectivity index (χ2v) is 20.4. The van der Waals surface area contributed by atoms with Crippen LogP contribution in [0.4, 0.5) is 0 Å². The molecule has 11 atom stereocenters. The summed E-state index contributed by atoms with van der Waals surface area (Å²) in [6.07, 6.45) is 17.9. The van der Waals surface area contributed by atoms with Crippen molar-refractivity contribution in [3.8, 4) is 5.88 Å². The number of aromatic nitrogens is 1. The van der Waals surface area contributed by atoms with Crippen LogP contribution in [0.3, 0.4) is 0 Å². The molecule has 5 N–H and O–H groups in total. The third-order valence-corrected chi connectivity index (χ3v) is 17.6. The summed E-state index contributed by atoms with van der Waals surface area (Å²) in [6, 6.07) is 3.16. The van der Waals surface area contributed by atoms with Crippen LogP contribution in [0.1, 0.15) is 129 Å². The molecule has 9 heteroatoms. The highest BCUT2D eigenvalue weighted by Gasteiger charge is 2.70. The number of carboxylic acid groups (broad SMARTS) is 1. The van der Waals surface area contributed by atoms with Crippen LogP contribution >= 0.6 is 0 Å². The molecule has 6 aliphatic rings. The van der Waals surface area contributed by atoms with E-state index in [1.54, 1.807) is 19.2 Å². The van der Waals surface area contributed by atoms with E-state index in [-0.39, 0.29) is 45.2 Å². The van der Waals surface area contributed by atoms with Crippen LogP contribution in [0.5, 0.6) is 5.88 Å². The molecule has 308 valence electrons. The first kappa shape index (κ1) is 41.2. The number of carbonyl (C=O) groups is 2. The lowest BCUT2D eigenvalue weighted by atomic mass is 9.33. The summed E-state index contributed by atoms with van der Waals surface area (Å²) in [6.45, 7) is 20.6. The van der Waals surface area contributed by atoms with E-state index in [9.17, 15) is 19.8 Å². The molecular formula is C47H69N3O6. The Bertz CT molecular complexity index is 1790. The third-order valence-electron chi connectivity index (χ3n) is 17.6. The van der Waals surface area contributed by atoms with E-state index >= 15 is 0 Å². The molecule has 1 unspecified atom stereocenters. The number of aliphatic hydroxyl groups excluding tert-OH is 1. The molecule has 0 aromatic carbocycles. The first-order chi connectivity index (χ1) is 26.4. The number of nitrogens with zero attached hydrogens (tertiary/aromatic N) is 1. The van der Waals surface area contributed by atoms with E-state index in [4.69, 9.17) is 15.2 Å². The van der Waals surface area contributed by atoms with Crippen molar-refractivity contribution in [2.75, 3.05) is 26.9 Å². The van der Waals surface area contributed by atoms with Crippen LogP contribution in [0.2, 0.25) is 0 Å². The second kappa shape index (κ2) is 14.7. The lowest BCUT2D eigenvalue weighted by Crippen LogP contribution is -2.68. The molecule has 1 aromatic heterocycles. The highest BCUT2D eigenvalue weighted by Crippen LogP contribution is 2.76. The van der Waals surface area contributed by atoms with Crippen molar-refractivity contribution in [1.82, 2.24) is 10.3 Å². The number of hydrogen-bond donors (Lipinski definition) is 4. The van der Waals surface area contributed by atoms with Crippen LogP contribution in [0, 0.1) is 56.7 Å². The normalized spacial score (nSPS) is 40.5. The van der Waals surface area contributed by atoms with Gasteiger partial charge in [-0.25, -0.2) is 4.98 Å². The van der Waals surface area contributed by atoms with Crippen molar-refractivity contribution in [3.63, 3.8) is 0 Å². The Balaban J connectivity index is 1.13. The molecule has 0 spiro atoms. The van der Waals surface area contributed by atoms with Gasteiger partial charge in [0.05, 0.1) is 12.7 Å². The highest BCUT2D eigenvalue weighted by atomic mass is 16.5. The van der Waals surface area contributed by atoms with E-state index in [1.165, 1.54) is 61.4 Å². The Morgan fingerprint density at radius 3 is 2.43 bits per heavy atom. The average Bonchev–Trinajstić information content (AvgIpc) is 3.54. The molecule has 0 saturated heterocycles. The summed E-state index contributed by atoms with van der Waals surface area (Å²) in [7, 11) is 1.66. The minimum Gasteiger partial charge on any atom is -0.481 e. The fourth-order valence-electron chi connectivity index (χ4n) is 14.6. The zero-order valence-corrected chi connectivity index (χ0v) is 35.2. The maximum atomic E-state index is 12.8. The molecule has 1 heterocycles. The molecule has 0 radical (unpaired) electrons. The number of fused-ring (bicyclic) bond motifs is 7. The highest BCUT2D eigenvalue weighted by molar-refractivity contribution is 5.95. The van der Waals surface area contributed by atoms with Gasteiger partial charge < -0.3 is 30.7 Å². The van der Waals surface area contributed by atoms with Crippen molar-refractivity contribution in [2.24, 2.45) is 62.4 Å². The predicted octanol–water partition coefficient (Wildman–Crippen LogP) is 8.28. The van der Waals surface area contributed by atoms with Crippen LogP contribution in [-0.4, -0.2) is 65.6 Å². The number of pyridine rings is 1. The maximum absolute atomic E-state index is 12.8. The Labute approximate surface area is 335 Å². The number of carbonyl (C=O) groups excluding carboxylic acids is 1. The first-order valence-electron chi connectivity index (χ1n) is 21.5. The number of allylic oxidation sites excluding steroid dienone is 5.